The lowest BCUT2D eigenvalue weighted by Crippen LogP contribution is -2.06. The van der Waals surface area contributed by atoms with Gasteiger partial charge in [-0.1, -0.05) is 30.3 Å². The zero-order valence-corrected chi connectivity index (χ0v) is 12.4. The predicted molar refractivity (Wildman–Crippen MR) is 80.9 cm³/mol. The molecule has 0 heterocycles. The van der Waals surface area contributed by atoms with Crippen molar-refractivity contribution >= 4 is 11.6 Å². The molecule has 20 heavy (non-hydrogen) atoms. The van der Waals surface area contributed by atoms with Gasteiger partial charge in [0.15, 0.2) is 0 Å². The summed E-state index contributed by atoms with van der Waals surface area (Å²) in [6.07, 6.45) is 0.574. The maximum absolute atomic E-state index is 13.6. The smallest absolute Gasteiger partial charge is 0.126 e. The predicted octanol–water partition coefficient (Wildman–Crippen LogP) is 5.14. The van der Waals surface area contributed by atoms with E-state index in [0.717, 1.165) is 11.3 Å². The molecule has 1 atom stereocenters. The van der Waals surface area contributed by atoms with Crippen LogP contribution in [0.1, 0.15) is 30.4 Å². The van der Waals surface area contributed by atoms with Crippen molar-refractivity contribution in [1.82, 2.24) is 0 Å². The van der Waals surface area contributed by atoms with Gasteiger partial charge in [0.2, 0.25) is 0 Å². The SMILES string of the molecule is CC(C)Oc1cccc(C(Cl)Cc2ccccc2F)c1. The molecule has 0 aromatic heterocycles. The third kappa shape index (κ3) is 3.97. The average Bonchev–Trinajstić information content (AvgIpc) is 2.41. The second-order valence-electron chi connectivity index (χ2n) is 5.00. The van der Waals surface area contributed by atoms with Gasteiger partial charge in [-0.3, -0.25) is 0 Å². The van der Waals surface area contributed by atoms with Gasteiger partial charge in [-0.25, -0.2) is 4.39 Å². The van der Waals surface area contributed by atoms with Crippen molar-refractivity contribution in [3.05, 3.63) is 65.5 Å². The van der Waals surface area contributed by atoms with Gasteiger partial charge < -0.3 is 4.74 Å². The van der Waals surface area contributed by atoms with E-state index in [-0.39, 0.29) is 17.3 Å². The van der Waals surface area contributed by atoms with Gasteiger partial charge in [-0.15, -0.1) is 11.6 Å². The topological polar surface area (TPSA) is 9.23 Å². The second-order valence-corrected chi connectivity index (χ2v) is 5.53. The van der Waals surface area contributed by atoms with Gasteiger partial charge in [-0.05, 0) is 49.6 Å². The number of halogens is 2. The molecule has 0 aliphatic heterocycles. The van der Waals surface area contributed by atoms with Crippen LogP contribution in [0, 0.1) is 5.82 Å². The molecule has 0 saturated carbocycles. The lowest BCUT2D eigenvalue weighted by Gasteiger charge is -2.14. The highest BCUT2D eigenvalue weighted by Gasteiger charge is 2.12. The van der Waals surface area contributed by atoms with E-state index < -0.39 is 0 Å². The Morgan fingerprint density at radius 2 is 1.85 bits per heavy atom. The van der Waals surface area contributed by atoms with Gasteiger partial charge in [0.1, 0.15) is 11.6 Å². The highest BCUT2D eigenvalue weighted by Crippen LogP contribution is 2.28. The summed E-state index contributed by atoms with van der Waals surface area (Å²) in [5.41, 5.74) is 1.57. The van der Waals surface area contributed by atoms with Crippen LogP contribution in [0.15, 0.2) is 48.5 Å². The Bertz CT molecular complexity index is 568. The minimum Gasteiger partial charge on any atom is -0.491 e. The number of hydrogen-bond acceptors (Lipinski definition) is 1. The molecule has 0 N–H and O–H groups in total. The maximum atomic E-state index is 13.6. The van der Waals surface area contributed by atoms with Crippen LogP contribution >= 0.6 is 11.6 Å². The minimum absolute atomic E-state index is 0.116. The summed E-state index contributed by atoms with van der Waals surface area (Å²) in [4.78, 5) is 0. The van der Waals surface area contributed by atoms with Gasteiger partial charge in [-0.2, -0.15) is 0 Å². The van der Waals surface area contributed by atoms with E-state index in [0.29, 0.717) is 12.0 Å². The highest BCUT2D eigenvalue weighted by atomic mass is 35.5. The number of alkyl halides is 1. The van der Waals surface area contributed by atoms with E-state index in [9.17, 15) is 4.39 Å². The molecule has 106 valence electrons. The zero-order valence-electron chi connectivity index (χ0n) is 11.6. The molecule has 0 fully saturated rings. The van der Waals surface area contributed by atoms with Crippen LogP contribution in [0.2, 0.25) is 0 Å². The van der Waals surface area contributed by atoms with Crippen LogP contribution in [-0.4, -0.2) is 6.10 Å². The van der Waals surface area contributed by atoms with Gasteiger partial charge >= 0.3 is 0 Å². The average molecular weight is 293 g/mol. The normalized spacial score (nSPS) is 12.4. The molecule has 0 spiro atoms. The lowest BCUT2D eigenvalue weighted by molar-refractivity contribution is 0.242. The summed E-state index contributed by atoms with van der Waals surface area (Å²) in [5, 5.41) is -0.275. The van der Waals surface area contributed by atoms with Crippen LogP contribution in [-0.2, 0) is 6.42 Å². The number of ether oxygens (including phenoxy) is 1. The Morgan fingerprint density at radius 3 is 2.55 bits per heavy atom. The molecule has 2 aromatic rings. The Kier molecular flexibility index (Phi) is 5.02. The fourth-order valence-electron chi connectivity index (χ4n) is 2.03. The van der Waals surface area contributed by atoms with E-state index in [4.69, 9.17) is 16.3 Å². The molecule has 1 unspecified atom stereocenters. The van der Waals surface area contributed by atoms with Crippen molar-refractivity contribution in [2.24, 2.45) is 0 Å². The molecular weight excluding hydrogens is 275 g/mol. The summed E-state index contributed by atoms with van der Waals surface area (Å²) in [6.45, 7) is 3.95. The lowest BCUT2D eigenvalue weighted by atomic mass is 10.0. The molecule has 3 heteroatoms. The Balaban J connectivity index is 2.13. The summed E-state index contributed by atoms with van der Waals surface area (Å²) >= 11 is 6.40. The first-order chi connectivity index (χ1) is 9.56. The summed E-state index contributed by atoms with van der Waals surface area (Å²) in [7, 11) is 0. The number of hydrogen-bond donors (Lipinski definition) is 0. The van der Waals surface area contributed by atoms with Crippen LogP contribution < -0.4 is 4.74 Å². The van der Waals surface area contributed by atoms with Crippen molar-refractivity contribution < 1.29 is 9.13 Å². The van der Waals surface area contributed by atoms with E-state index >= 15 is 0 Å². The Morgan fingerprint density at radius 1 is 1.10 bits per heavy atom. The molecule has 0 aliphatic rings. The number of rotatable bonds is 5. The van der Waals surface area contributed by atoms with Gasteiger partial charge in [0.25, 0.3) is 0 Å². The Labute approximate surface area is 124 Å². The molecule has 0 aliphatic carbocycles. The molecule has 1 nitrogen and oxygen atoms in total. The number of benzene rings is 2. The van der Waals surface area contributed by atoms with Gasteiger partial charge in [0, 0.05) is 0 Å². The second kappa shape index (κ2) is 6.76. The van der Waals surface area contributed by atoms with Gasteiger partial charge in [0.05, 0.1) is 11.5 Å². The molecule has 0 bridgehead atoms. The summed E-state index contributed by atoms with van der Waals surface area (Å²) in [6, 6.07) is 14.4. The first-order valence-electron chi connectivity index (χ1n) is 6.70. The summed E-state index contributed by atoms with van der Waals surface area (Å²) < 4.78 is 19.3. The van der Waals surface area contributed by atoms with E-state index in [1.807, 2.05) is 44.2 Å². The maximum Gasteiger partial charge on any atom is 0.126 e. The van der Waals surface area contributed by atoms with Crippen LogP contribution in [0.5, 0.6) is 5.75 Å². The van der Waals surface area contributed by atoms with E-state index in [2.05, 4.69) is 0 Å². The van der Waals surface area contributed by atoms with E-state index in [1.54, 1.807) is 12.1 Å². The molecule has 0 radical (unpaired) electrons. The monoisotopic (exact) mass is 292 g/mol. The quantitative estimate of drug-likeness (QED) is 0.694. The van der Waals surface area contributed by atoms with E-state index in [1.165, 1.54) is 6.07 Å². The minimum atomic E-state index is -0.275. The van der Waals surface area contributed by atoms with Crippen molar-refractivity contribution in [2.75, 3.05) is 0 Å². The van der Waals surface area contributed by atoms with Crippen molar-refractivity contribution in [1.29, 1.82) is 0 Å². The fourth-order valence-corrected chi connectivity index (χ4v) is 2.33. The standard InChI is InChI=1S/C17H18ClFO/c1-12(2)20-15-8-5-7-13(10-15)16(18)11-14-6-3-4-9-17(14)19/h3-10,12,16H,11H2,1-2H3. The molecular formula is C17H18ClFO. The van der Waals surface area contributed by atoms with Crippen molar-refractivity contribution in [3.63, 3.8) is 0 Å². The van der Waals surface area contributed by atoms with Crippen molar-refractivity contribution in [2.45, 2.75) is 31.7 Å². The van der Waals surface area contributed by atoms with Crippen molar-refractivity contribution in [3.8, 4) is 5.75 Å². The molecule has 0 amide bonds. The highest BCUT2D eigenvalue weighted by molar-refractivity contribution is 6.20. The zero-order chi connectivity index (χ0) is 14.5. The molecule has 0 saturated heterocycles. The third-order valence-corrected chi connectivity index (χ3v) is 3.35. The van der Waals surface area contributed by atoms with Crippen LogP contribution in [0.3, 0.4) is 0 Å². The third-order valence-electron chi connectivity index (χ3n) is 2.95. The fraction of sp³-hybridized carbons (Fsp3) is 0.294. The van der Waals surface area contributed by atoms with Crippen LogP contribution in [0.25, 0.3) is 0 Å². The molecule has 2 aromatic carbocycles. The largest absolute Gasteiger partial charge is 0.491 e. The Hall–Kier alpha value is -1.54. The summed E-state index contributed by atoms with van der Waals surface area (Å²) in [5.74, 6) is 0.574. The van der Waals surface area contributed by atoms with Crippen LogP contribution in [0.4, 0.5) is 4.39 Å². The first-order valence-corrected chi connectivity index (χ1v) is 7.14. The first kappa shape index (κ1) is 14.9. The molecule has 2 rings (SSSR count).